The Morgan fingerprint density at radius 2 is 2.13 bits per heavy atom. The quantitative estimate of drug-likeness (QED) is 0.801. The molecule has 3 aromatic rings. The van der Waals surface area contributed by atoms with Crippen LogP contribution in [-0.2, 0) is 0 Å². The van der Waals surface area contributed by atoms with Gasteiger partial charge in [-0.05, 0) is 42.8 Å². The van der Waals surface area contributed by atoms with Crippen molar-refractivity contribution in [2.75, 3.05) is 5.32 Å². The molecule has 2 aromatic carbocycles. The van der Waals surface area contributed by atoms with E-state index in [0.29, 0.717) is 5.69 Å². The van der Waals surface area contributed by atoms with Gasteiger partial charge in [-0.15, -0.1) is 0 Å². The lowest BCUT2D eigenvalue weighted by Crippen LogP contribution is -2.09. The van der Waals surface area contributed by atoms with E-state index >= 15 is 0 Å². The Labute approximate surface area is 133 Å². The fraction of sp³-hybridized carbons (Fsp3) is 0.118. The summed E-state index contributed by atoms with van der Waals surface area (Å²) in [6.45, 7) is 1.98. The van der Waals surface area contributed by atoms with Gasteiger partial charge in [0.2, 0.25) is 0 Å². The zero-order valence-electron chi connectivity index (χ0n) is 12.4. The number of anilines is 1. The summed E-state index contributed by atoms with van der Waals surface area (Å²) >= 11 is 0. The van der Waals surface area contributed by atoms with Gasteiger partial charge in [-0.3, -0.25) is 0 Å². The highest BCUT2D eigenvalue weighted by molar-refractivity contribution is 5.58. The van der Waals surface area contributed by atoms with Crippen LogP contribution in [-0.4, -0.2) is 14.8 Å². The van der Waals surface area contributed by atoms with Crippen molar-refractivity contribution in [2.45, 2.75) is 13.0 Å². The van der Waals surface area contributed by atoms with Crippen LogP contribution < -0.4 is 5.32 Å². The number of halogens is 1. The summed E-state index contributed by atoms with van der Waals surface area (Å²) in [6, 6.07) is 13.9. The molecule has 1 unspecified atom stereocenters. The standard InChI is InChI=1S/C17H14FN5/c1-12(22-17-6-5-15(18)7-14(17)9-19)13-3-2-4-16(8-13)23-11-20-10-21-23/h2-8,10-12,22H,1H3. The summed E-state index contributed by atoms with van der Waals surface area (Å²) in [7, 11) is 0. The molecule has 1 N–H and O–H groups in total. The summed E-state index contributed by atoms with van der Waals surface area (Å²) in [6.07, 6.45) is 3.11. The van der Waals surface area contributed by atoms with Crippen LogP contribution in [0, 0.1) is 17.1 Å². The fourth-order valence-corrected chi connectivity index (χ4v) is 2.33. The van der Waals surface area contributed by atoms with Crippen molar-refractivity contribution >= 4 is 5.69 Å². The van der Waals surface area contributed by atoms with E-state index in [1.54, 1.807) is 17.1 Å². The average Bonchev–Trinajstić information content (AvgIpc) is 3.11. The van der Waals surface area contributed by atoms with Crippen LogP contribution in [0.3, 0.4) is 0 Å². The normalized spacial score (nSPS) is 11.7. The maximum absolute atomic E-state index is 13.2. The maximum Gasteiger partial charge on any atom is 0.138 e. The third-order valence-electron chi connectivity index (χ3n) is 3.53. The van der Waals surface area contributed by atoms with E-state index in [9.17, 15) is 4.39 Å². The number of nitrogens with zero attached hydrogens (tertiary/aromatic N) is 4. The molecule has 0 amide bonds. The van der Waals surface area contributed by atoms with Gasteiger partial charge in [-0.1, -0.05) is 12.1 Å². The molecule has 1 atom stereocenters. The van der Waals surface area contributed by atoms with Crippen molar-refractivity contribution in [3.05, 3.63) is 72.1 Å². The molecule has 1 heterocycles. The van der Waals surface area contributed by atoms with Gasteiger partial charge in [0.05, 0.1) is 16.9 Å². The van der Waals surface area contributed by atoms with E-state index < -0.39 is 5.82 Å². The van der Waals surface area contributed by atoms with Crippen molar-refractivity contribution in [3.8, 4) is 11.8 Å². The van der Waals surface area contributed by atoms with E-state index in [0.717, 1.165) is 11.3 Å². The summed E-state index contributed by atoms with van der Waals surface area (Å²) < 4.78 is 14.9. The molecule has 6 heteroatoms. The topological polar surface area (TPSA) is 66.5 Å². The van der Waals surface area contributed by atoms with Crippen LogP contribution in [0.25, 0.3) is 5.69 Å². The number of hydrogen-bond acceptors (Lipinski definition) is 4. The van der Waals surface area contributed by atoms with Crippen molar-refractivity contribution in [3.63, 3.8) is 0 Å². The van der Waals surface area contributed by atoms with Gasteiger partial charge in [0.1, 0.15) is 24.5 Å². The molecule has 0 bridgehead atoms. The SMILES string of the molecule is CC(Nc1ccc(F)cc1C#N)c1cccc(-n2cncn2)c1. The smallest absolute Gasteiger partial charge is 0.138 e. The minimum absolute atomic E-state index is 0.0592. The molecule has 1 aromatic heterocycles. The van der Waals surface area contributed by atoms with Crippen LogP contribution in [0.2, 0.25) is 0 Å². The second kappa shape index (κ2) is 6.28. The van der Waals surface area contributed by atoms with Crippen LogP contribution in [0.4, 0.5) is 10.1 Å². The Morgan fingerprint density at radius 3 is 2.87 bits per heavy atom. The number of rotatable bonds is 4. The first-order valence-corrected chi connectivity index (χ1v) is 7.08. The zero-order chi connectivity index (χ0) is 16.2. The molecule has 0 saturated carbocycles. The van der Waals surface area contributed by atoms with Gasteiger partial charge >= 0.3 is 0 Å². The molecule has 5 nitrogen and oxygen atoms in total. The van der Waals surface area contributed by atoms with Crippen LogP contribution >= 0.6 is 0 Å². The average molecular weight is 307 g/mol. The molecule has 114 valence electrons. The Balaban J connectivity index is 1.86. The van der Waals surface area contributed by atoms with Gasteiger partial charge in [0.25, 0.3) is 0 Å². The predicted molar refractivity (Wildman–Crippen MR) is 84.5 cm³/mol. The zero-order valence-corrected chi connectivity index (χ0v) is 12.4. The largest absolute Gasteiger partial charge is 0.377 e. The van der Waals surface area contributed by atoms with E-state index in [2.05, 4.69) is 15.4 Å². The molecule has 0 fully saturated rings. The Morgan fingerprint density at radius 1 is 1.26 bits per heavy atom. The summed E-state index contributed by atoms with van der Waals surface area (Å²) in [4.78, 5) is 3.94. The number of hydrogen-bond donors (Lipinski definition) is 1. The van der Waals surface area contributed by atoms with E-state index in [1.807, 2.05) is 37.3 Å². The Hall–Kier alpha value is -3.20. The van der Waals surface area contributed by atoms with E-state index in [-0.39, 0.29) is 11.6 Å². The lowest BCUT2D eigenvalue weighted by Gasteiger charge is -2.17. The Kier molecular flexibility index (Phi) is 4.02. The lowest BCUT2D eigenvalue weighted by atomic mass is 10.1. The molecule has 0 saturated heterocycles. The van der Waals surface area contributed by atoms with E-state index in [1.165, 1.54) is 18.5 Å². The van der Waals surface area contributed by atoms with Crippen LogP contribution in [0.15, 0.2) is 55.1 Å². The first-order valence-electron chi connectivity index (χ1n) is 7.08. The molecule has 0 aliphatic heterocycles. The number of nitrogens with one attached hydrogen (secondary N) is 1. The van der Waals surface area contributed by atoms with Gasteiger partial charge in [-0.2, -0.15) is 10.4 Å². The first-order chi connectivity index (χ1) is 11.2. The van der Waals surface area contributed by atoms with Gasteiger partial charge in [0.15, 0.2) is 0 Å². The Bertz CT molecular complexity index is 852. The third-order valence-corrected chi connectivity index (χ3v) is 3.53. The molecular weight excluding hydrogens is 293 g/mol. The van der Waals surface area contributed by atoms with Crippen molar-refractivity contribution < 1.29 is 4.39 Å². The monoisotopic (exact) mass is 307 g/mol. The molecule has 0 aliphatic carbocycles. The lowest BCUT2D eigenvalue weighted by molar-refractivity contribution is 0.627. The van der Waals surface area contributed by atoms with Crippen molar-refractivity contribution in [2.24, 2.45) is 0 Å². The predicted octanol–water partition coefficient (Wildman–Crippen LogP) is 3.45. The number of benzene rings is 2. The maximum atomic E-state index is 13.2. The van der Waals surface area contributed by atoms with Gasteiger partial charge < -0.3 is 5.32 Å². The van der Waals surface area contributed by atoms with Crippen LogP contribution in [0.5, 0.6) is 0 Å². The molecule has 0 radical (unpaired) electrons. The molecule has 0 aliphatic rings. The first kappa shape index (κ1) is 14.7. The molecule has 3 rings (SSSR count). The third kappa shape index (κ3) is 3.19. The van der Waals surface area contributed by atoms with Crippen molar-refractivity contribution in [1.82, 2.24) is 14.8 Å². The summed E-state index contributed by atoms with van der Waals surface area (Å²) in [5, 5.41) is 16.5. The minimum atomic E-state index is -0.423. The highest BCUT2D eigenvalue weighted by Crippen LogP contribution is 2.24. The van der Waals surface area contributed by atoms with Crippen LogP contribution in [0.1, 0.15) is 24.1 Å². The number of nitriles is 1. The molecule has 23 heavy (non-hydrogen) atoms. The highest BCUT2D eigenvalue weighted by atomic mass is 19.1. The van der Waals surface area contributed by atoms with Gasteiger partial charge in [0, 0.05) is 6.04 Å². The molecular formula is C17H14FN5. The summed E-state index contributed by atoms with van der Waals surface area (Å²) in [5.74, 6) is -0.423. The molecule has 0 spiro atoms. The highest BCUT2D eigenvalue weighted by Gasteiger charge is 2.10. The van der Waals surface area contributed by atoms with E-state index in [4.69, 9.17) is 5.26 Å². The summed E-state index contributed by atoms with van der Waals surface area (Å²) in [5.41, 5.74) is 2.80. The second-order valence-corrected chi connectivity index (χ2v) is 5.10. The minimum Gasteiger partial charge on any atom is -0.377 e. The number of aromatic nitrogens is 3. The van der Waals surface area contributed by atoms with Gasteiger partial charge in [-0.25, -0.2) is 14.1 Å². The van der Waals surface area contributed by atoms with Crippen molar-refractivity contribution in [1.29, 1.82) is 5.26 Å². The fourth-order valence-electron chi connectivity index (χ4n) is 2.33. The second-order valence-electron chi connectivity index (χ2n) is 5.10.